The van der Waals surface area contributed by atoms with Gasteiger partial charge in [0.15, 0.2) is 0 Å². The summed E-state index contributed by atoms with van der Waals surface area (Å²) in [6.07, 6.45) is 2.25. The molecule has 1 aliphatic carbocycles. The van der Waals surface area contributed by atoms with Gasteiger partial charge in [-0.25, -0.2) is 4.79 Å². The quantitative estimate of drug-likeness (QED) is 0.764. The van der Waals surface area contributed by atoms with Gasteiger partial charge in [0, 0.05) is 13.1 Å². The highest BCUT2D eigenvalue weighted by atomic mass is 16.6. The average Bonchev–Trinajstić information content (AvgIpc) is 2.91. The Kier molecular flexibility index (Phi) is 2.63. The fourth-order valence-corrected chi connectivity index (χ4v) is 2.04. The van der Waals surface area contributed by atoms with Gasteiger partial charge in [0.2, 0.25) is 0 Å². The first-order chi connectivity index (χ1) is 7.01. The Labute approximate surface area is 90.8 Å². The highest BCUT2D eigenvalue weighted by Crippen LogP contribution is 2.42. The molecule has 0 bridgehead atoms. The minimum absolute atomic E-state index is 0.100. The third-order valence-electron chi connectivity index (χ3n) is 3.16. The van der Waals surface area contributed by atoms with Crippen molar-refractivity contribution in [3.05, 3.63) is 0 Å². The summed E-state index contributed by atoms with van der Waals surface area (Å²) < 4.78 is 5.13. The van der Waals surface area contributed by atoms with Gasteiger partial charge in [0.05, 0.1) is 12.1 Å². The second kappa shape index (κ2) is 3.67. The van der Waals surface area contributed by atoms with Gasteiger partial charge in [-0.2, -0.15) is 0 Å². The number of nitrogens with zero attached hydrogens (tertiary/aromatic N) is 1. The van der Waals surface area contributed by atoms with Crippen LogP contribution in [-0.4, -0.2) is 36.2 Å². The van der Waals surface area contributed by atoms with E-state index in [-0.39, 0.29) is 11.6 Å². The van der Waals surface area contributed by atoms with Crippen LogP contribution in [0.2, 0.25) is 0 Å². The average molecular weight is 212 g/mol. The van der Waals surface area contributed by atoms with Gasteiger partial charge < -0.3 is 15.4 Å². The summed E-state index contributed by atoms with van der Waals surface area (Å²) in [7, 11) is 0. The molecule has 1 heterocycles. The summed E-state index contributed by atoms with van der Waals surface area (Å²) in [4.78, 5) is 13.2. The molecule has 86 valence electrons. The van der Waals surface area contributed by atoms with E-state index in [9.17, 15) is 4.79 Å². The van der Waals surface area contributed by atoms with Crippen molar-refractivity contribution >= 4 is 6.09 Å². The van der Waals surface area contributed by atoms with E-state index in [4.69, 9.17) is 10.5 Å². The summed E-state index contributed by atoms with van der Waals surface area (Å²) in [5.41, 5.74) is 6.04. The molecule has 0 atom stereocenters. The van der Waals surface area contributed by atoms with Crippen LogP contribution in [0.4, 0.5) is 4.79 Å². The molecule has 2 rings (SSSR count). The first-order valence-corrected chi connectivity index (χ1v) is 5.72. The Morgan fingerprint density at radius 2 is 2.13 bits per heavy atom. The third-order valence-corrected chi connectivity index (χ3v) is 3.16. The van der Waals surface area contributed by atoms with Crippen LogP contribution in [0.25, 0.3) is 0 Å². The molecule has 4 heteroatoms. The van der Waals surface area contributed by atoms with Gasteiger partial charge in [0.25, 0.3) is 0 Å². The van der Waals surface area contributed by atoms with Crippen LogP contribution in [0.1, 0.15) is 26.7 Å². The van der Waals surface area contributed by atoms with Gasteiger partial charge in [-0.05, 0) is 24.7 Å². The molecule has 0 radical (unpaired) electrons. The van der Waals surface area contributed by atoms with Crippen LogP contribution in [-0.2, 0) is 4.74 Å². The molecular formula is C11H20N2O2. The van der Waals surface area contributed by atoms with Crippen molar-refractivity contribution in [3.63, 3.8) is 0 Å². The maximum atomic E-state index is 11.5. The van der Waals surface area contributed by atoms with Gasteiger partial charge in [-0.15, -0.1) is 0 Å². The summed E-state index contributed by atoms with van der Waals surface area (Å²) in [6, 6.07) is 0. The van der Waals surface area contributed by atoms with Crippen LogP contribution in [0, 0.1) is 11.8 Å². The molecular weight excluding hydrogens is 192 g/mol. The highest BCUT2D eigenvalue weighted by molar-refractivity contribution is 5.69. The Morgan fingerprint density at radius 1 is 1.53 bits per heavy atom. The largest absolute Gasteiger partial charge is 0.449 e. The molecule has 15 heavy (non-hydrogen) atoms. The van der Waals surface area contributed by atoms with E-state index in [1.807, 2.05) is 13.8 Å². The summed E-state index contributed by atoms with van der Waals surface area (Å²) in [5, 5.41) is 0. The number of likely N-dealkylation sites (tertiary alicyclic amines) is 1. The van der Waals surface area contributed by atoms with Crippen molar-refractivity contribution in [2.24, 2.45) is 17.6 Å². The molecule has 0 spiro atoms. The molecule has 1 saturated carbocycles. The van der Waals surface area contributed by atoms with Crippen molar-refractivity contribution in [1.29, 1.82) is 0 Å². The molecule has 2 aliphatic rings. The second-order valence-corrected chi connectivity index (χ2v) is 5.33. The molecule has 1 amide bonds. The molecule has 2 N–H and O–H groups in total. The summed E-state index contributed by atoms with van der Waals surface area (Å²) in [6.45, 7) is 5.90. The minimum atomic E-state index is -0.203. The lowest BCUT2D eigenvalue weighted by atomic mass is 9.86. The predicted octanol–water partition coefficient (Wildman–Crippen LogP) is 1.20. The number of carbonyl (C=O) groups excluding carboxylic acids is 1. The van der Waals surface area contributed by atoms with Crippen molar-refractivity contribution in [3.8, 4) is 0 Å². The molecule has 0 unspecified atom stereocenters. The van der Waals surface area contributed by atoms with Crippen molar-refractivity contribution < 1.29 is 9.53 Å². The SMILES string of the molecule is CC(C)COC(=O)N1CC(N)(C2CC2)C1. The monoisotopic (exact) mass is 212 g/mol. The standard InChI is InChI=1S/C11H20N2O2/c1-8(2)5-15-10(14)13-6-11(12,7-13)9-3-4-9/h8-9H,3-7,12H2,1-2H3. The second-order valence-electron chi connectivity index (χ2n) is 5.33. The van der Waals surface area contributed by atoms with E-state index in [0.29, 0.717) is 31.5 Å². The van der Waals surface area contributed by atoms with Crippen molar-refractivity contribution in [2.75, 3.05) is 19.7 Å². The number of rotatable bonds is 3. The smallest absolute Gasteiger partial charge is 0.409 e. The lowest BCUT2D eigenvalue weighted by Crippen LogP contribution is -2.69. The van der Waals surface area contributed by atoms with Crippen LogP contribution < -0.4 is 5.73 Å². The number of hydrogen-bond acceptors (Lipinski definition) is 3. The minimum Gasteiger partial charge on any atom is -0.449 e. The normalized spacial score (nSPS) is 23.9. The maximum absolute atomic E-state index is 11.5. The molecule has 2 fully saturated rings. The number of carbonyl (C=O) groups is 1. The highest BCUT2D eigenvalue weighted by Gasteiger charge is 2.52. The van der Waals surface area contributed by atoms with Crippen LogP contribution in [0.3, 0.4) is 0 Å². The number of amides is 1. The zero-order chi connectivity index (χ0) is 11.1. The van der Waals surface area contributed by atoms with Crippen LogP contribution >= 0.6 is 0 Å². The Hall–Kier alpha value is -0.770. The molecule has 4 nitrogen and oxygen atoms in total. The molecule has 1 saturated heterocycles. The number of ether oxygens (including phenoxy) is 1. The topological polar surface area (TPSA) is 55.6 Å². The first-order valence-electron chi connectivity index (χ1n) is 5.72. The number of nitrogens with two attached hydrogens (primary N) is 1. The van der Waals surface area contributed by atoms with Crippen molar-refractivity contribution in [1.82, 2.24) is 4.90 Å². The Morgan fingerprint density at radius 3 is 2.60 bits per heavy atom. The maximum Gasteiger partial charge on any atom is 0.409 e. The van der Waals surface area contributed by atoms with Crippen molar-refractivity contribution in [2.45, 2.75) is 32.2 Å². The molecule has 1 aliphatic heterocycles. The van der Waals surface area contributed by atoms with E-state index >= 15 is 0 Å². The molecule has 0 aromatic carbocycles. The van der Waals surface area contributed by atoms with E-state index < -0.39 is 0 Å². The van der Waals surface area contributed by atoms with Crippen LogP contribution in [0.5, 0.6) is 0 Å². The third kappa shape index (κ3) is 2.25. The van der Waals surface area contributed by atoms with E-state index in [2.05, 4.69) is 0 Å². The van der Waals surface area contributed by atoms with E-state index in [1.54, 1.807) is 4.90 Å². The number of hydrogen-bond donors (Lipinski definition) is 1. The lowest BCUT2D eigenvalue weighted by Gasteiger charge is -2.47. The fourth-order valence-electron chi connectivity index (χ4n) is 2.04. The van der Waals surface area contributed by atoms with Gasteiger partial charge in [-0.3, -0.25) is 0 Å². The van der Waals surface area contributed by atoms with Gasteiger partial charge >= 0.3 is 6.09 Å². The molecule has 0 aromatic heterocycles. The van der Waals surface area contributed by atoms with E-state index in [0.717, 1.165) is 0 Å². The summed E-state index contributed by atoms with van der Waals surface area (Å²) in [5.74, 6) is 1.04. The van der Waals surface area contributed by atoms with Gasteiger partial charge in [-0.1, -0.05) is 13.8 Å². The lowest BCUT2D eigenvalue weighted by molar-refractivity contribution is 0.0272. The van der Waals surface area contributed by atoms with E-state index in [1.165, 1.54) is 12.8 Å². The fraction of sp³-hybridized carbons (Fsp3) is 0.909. The van der Waals surface area contributed by atoms with Crippen LogP contribution in [0.15, 0.2) is 0 Å². The van der Waals surface area contributed by atoms with Gasteiger partial charge in [0.1, 0.15) is 0 Å². The predicted molar refractivity (Wildman–Crippen MR) is 57.4 cm³/mol. The Bertz CT molecular complexity index is 255. The zero-order valence-corrected chi connectivity index (χ0v) is 9.53. The molecule has 0 aromatic rings. The summed E-state index contributed by atoms with van der Waals surface area (Å²) >= 11 is 0. The Balaban J connectivity index is 1.71. The first kappa shape index (κ1) is 10.7. The zero-order valence-electron chi connectivity index (χ0n) is 9.53.